The highest BCUT2D eigenvalue weighted by atomic mass is 35.5. The van der Waals surface area contributed by atoms with Crippen LogP contribution >= 0.6 is 11.6 Å². The van der Waals surface area contributed by atoms with Crippen molar-refractivity contribution in [1.82, 2.24) is 25.5 Å². The van der Waals surface area contributed by atoms with Crippen molar-refractivity contribution in [2.45, 2.75) is 6.42 Å². The van der Waals surface area contributed by atoms with Crippen LogP contribution in [0.2, 0.25) is 5.02 Å². The SMILES string of the molecule is O=C(NCCCNc1n[nH]c2ncnc(Nc3cccc(Cl)c3)c12)c1ccccc1. The highest BCUT2D eigenvalue weighted by Gasteiger charge is 2.13. The lowest BCUT2D eigenvalue weighted by molar-refractivity contribution is 0.0953. The molecule has 0 saturated carbocycles. The van der Waals surface area contributed by atoms with Gasteiger partial charge in [0.15, 0.2) is 11.5 Å². The van der Waals surface area contributed by atoms with Gasteiger partial charge in [-0.05, 0) is 36.8 Å². The fourth-order valence-corrected chi connectivity index (χ4v) is 3.16. The second kappa shape index (κ2) is 9.23. The smallest absolute Gasteiger partial charge is 0.251 e. The number of hydrogen-bond donors (Lipinski definition) is 4. The number of nitrogens with one attached hydrogen (secondary N) is 4. The molecule has 0 spiro atoms. The summed E-state index contributed by atoms with van der Waals surface area (Å²) in [6.07, 6.45) is 2.20. The normalized spacial score (nSPS) is 10.7. The maximum absolute atomic E-state index is 12.1. The number of hydrogen-bond acceptors (Lipinski definition) is 6. The van der Waals surface area contributed by atoms with E-state index in [9.17, 15) is 4.79 Å². The number of rotatable bonds is 8. The van der Waals surface area contributed by atoms with Crippen LogP contribution in [0.3, 0.4) is 0 Å². The summed E-state index contributed by atoms with van der Waals surface area (Å²) in [5, 5.41) is 18.0. The van der Waals surface area contributed by atoms with Crippen molar-refractivity contribution < 1.29 is 4.79 Å². The molecule has 152 valence electrons. The third-order valence-electron chi connectivity index (χ3n) is 4.41. The topological polar surface area (TPSA) is 108 Å². The Balaban J connectivity index is 1.37. The third-order valence-corrected chi connectivity index (χ3v) is 4.65. The Morgan fingerprint density at radius 1 is 1.00 bits per heavy atom. The molecule has 0 unspecified atom stereocenters. The molecule has 8 nitrogen and oxygen atoms in total. The van der Waals surface area contributed by atoms with Crippen molar-refractivity contribution >= 4 is 45.9 Å². The van der Waals surface area contributed by atoms with E-state index >= 15 is 0 Å². The molecule has 0 aliphatic rings. The Kier molecular flexibility index (Phi) is 6.05. The van der Waals surface area contributed by atoms with Crippen molar-refractivity contribution in [2.75, 3.05) is 23.7 Å². The Morgan fingerprint density at radius 3 is 2.70 bits per heavy atom. The average Bonchev–Trinajstić information content (AvgIpc) is 3.18. The monoisotopic (exact) mass is 421 g/mol. The first-order chi connectivity index (χ1) is 14.7. The lowest BCUT2D eigenvalue weighted by atomic mass is 10.2. The summed E-state index contributed by atoms with van der Waals surface area (Å²) in [6, 6.07) is 16.5. The first-order valence-corrected chi connectivity index (χ1v) is 9.87. The predicted octanol–water partition coefficient (Wildman–Crippen LogP) is 3.98. The van der Waals surface area contributed by atoms with Gasteiger partial charge in [-0.2, -0.15) is 5.10 Å². The quantitative estimate of drug-likeness (QED) is 0.320. The molecular weight excluding hydrogens is 402 g/mol. The van der Waals surface area contributed by atoms with Gasteiger partial charge in [0.1, 0.15) is 17.5 Å². The number of anilines is 3. The van der Waals surface area contributed by atoms with Crippen LogP contribution < -0.4 is 16.0 Å². The van der Waals surface area contributed by atoms with Crippen LogP contribution in [0, 0.1) is 0 Å². The molecule has 4 aromatic rings. The molecule has 4 N–H and O–H groups in total. The minimum absolute atomic E-state index is 0.0813. The van der Waals surface area contributed by atoms with Gasteiger partial charge >= 0.3 is 0 Å². The first-order valence-electron chi connectivity index (χ1n) is 9.49. The second-order valence-corrected chi connectivity index (χ2v) is 6.99. The fourth-order valence-electron chi connectivity index (χ4n) is 2.97. The summed E-state index contributed by atoms with van der Waals surface area (Å²) in [7, 11) is 0. The number of carbonyl (C=O) groups excluding carboxylic acids is 1. The molecule has 0 fully saturated rings. The van der Waals surface area contributed by atoms with Crippen molar-refractivity contribution in [3.8, 4) is 0 Å². The Morgan fingerprint density at radius 2 is 1.87 bits per heavy atom. The van der Waals surface area contributed by atoms with Gasteiger partial charge in [0.25, 0.3) is 5.91 Å². The van der Waals surface area contributed by atoms with Crippen LogP contribution in [0.15, 0.2) is 60.9 Å². The standard InChI is InChI=1S/C21H20ClN7O/c22-15-8-4-9-16(12-15)27-18-17-19(28-29-20(17)26-13-25-18)23-10-5-11-24-21(30)14-6-2-1-3-7-14/h1-4,6-9,12-13H,5,10-11H2,(H,24,30)(H3,23,25,26,27,28,29). The lowest BCUT2D eigenvalue weighted by Crippen LogP contribution is -2.25. The largest absolute Gasteiger partial charge is 0.368 e. The van der Waals surface area contributed by atoms with E-state index in [4.69, 9.17) is 11.6 Å². The summed E-state index contributed by atoms with van der Waals surface area (Å²) in [5.41, 5.74) is 2.09. The molecule has 2 heterocycles. The van der Waals surface area contributed by atoms with Gasteiger partial charge in [0.2, 0.25) is 0 Å². The first kappa shape index (κ1) is 19.7. The van der Waals surface area contributed by atoms with Crippen LogP contribution in [0.4, 0.5) is 17.3 Å². The number of aromatic amines is 1. The summed E-state index contributed by atoms with van der Waals surface area (Å²) < 4.78 is 0. The highest BCUT2D eigenvalue weighted by Crippen LogP contribution is 2.28. The number of aromatic nitrogens is 4. The molecule has 4 rings (SSSR count). The summed E-state index contributed by atoms with van der Waals surface area (Å²) >= 11 is 6.07. The Labute approximate surface area is 178 Å². The van der Waals surface area contributed by atoms with Gasteiger partial charge in [-0.1, -0.05) is 35.9 Å². The third kappa shape index (κ3) is 4.66. The predicted molar refractivity (Wildman–Crippen MR) is 118 cm³/mol. The molecule has 0 atom stereocenters. The Bertz CT molecular complexity index is 1150. The minimum atomic E-state index is -0.0813. The number of carbonyl (C=O) groups is 1. The van der Waals surface area contributed by atoms with Gasteiger partial charge in [-0.25, -0.2) is 9.97 Å². The van der Waals surface area contributed by atoms with Crippen molar-refractivity contribution in [2.24, 2.45) is 0 Å². The summed E-state index contributed by atoms with van der Waals surface area (Å²) in [6.45, 7) is 1.17. The number of amides is 1. The molecule has 0 aliphatic carbocycles. The van der Waals surface area contributed by atoms with E-state index in [0.29, 0.717) is 41.0 Å². The van der Waals surface area contributed by atoms with Crippen LogP contribution in [-0.4, -0.2) is 39.2 Å². The molecule has 0 aliphatic heterocycles. The second-order valence-electron chi connectivity index (χ2n) is 6.56. The van der Waals surface area contributed by atoms with Gasteiger partial charge in [0.05, 0.1) is 0 Å². The minimum Gasteiger partial charge on any atom is -0.368 e. The van der Waals surface area contributed by atoms with E-state index in [-0.39, 0.29) is 5.91 Å². The highest BCUT2D eigenvalue weighted by molar-refractivity contribution is 6.30. The van der Waals surface area contributed by atoms with E-state index < -0.39 is 0 Å². The van der Waals surface area contributed by atoms with Gasteiger partial charge in [-0.15, -0.1) is 0 Å². The lowest BCUT2D eigenvalue weighted by Gasteiger charge is -2.09. The maximum Gasteiger partial charge on any atom is 0.251 e. The number of H-pyrrole nitrogens is 1. The number of halogens is 1. The summed E-state index contributed by atoms with van der Waals surface area (Å²) in [5.74, 6) is 1.18. The average molecular weight is 422 g/mol. The van der Waals surface area contributed by atoms with E-state index in [2.05, 4.69) is 36.1 Å². The molecule has 2 aromatic heterocycles. The van der Waals surface area contributed by atoms with E-state index in [0.717, 1.165) is 17.5 Å². The Hall–Kier alpha value is -3.65. The van der Waals surface area contributed by atoms with E-state index in [1.165, 1.54) is 6.33 Å². The van der Waals surface area contributed by atoms with Crippen LogP contribution in [0.25, 0.3) is 11.0 Å². The zero-order chi connectivity index (χ0) is 20.8. The van der Waals surface area contributed by atoms with Crippen molar-refractivity contribution in [3.63, 3.8) is 0 Å². The molecule has 0 radical (unpaired) electrons. The fraction of sp³-hybridized carbons (Fsp3) is 0.143. The van der Waals surface area contributed by atoms with E-state index in [1.807, 2.05) is 42.5 Å². The number of benzene rings is 2. The maximum atomic E-state index is 12.1. The molecule has 1 amide bonds. The zero-order valence-corrected chi connectivity index (χ0v) is 16.8. The molecule has 30 heavy (non-hydrogen) atoms. The molecule has 0 saturated heterocycles. The van der Waals surface area contributed by atoms with Gasteiger partial charge < -0.3 is 16.0 Å². The number of nitrogens with zero attached hydrogens (tertiary/aromatic N) is 3. The van der Waals surface area contributed by atoms with Gasteiger partial charge in [-0.3, -0.25) is 9.89 Å². The summed E-state index contributed by atoms with van der Waals surface area (Å²) in [4.78, 5) is 20.6. The molecule has 2 aromatic carbocycles. The molecule has 0 bridgehead atoms. The van der Waals surface area contributed by atoms with Crippen LogP contribution in [-0.2, 0) is 0 Å². The number of fused-ring (bicyclic) bond motifs is 1. The zero-order valence-electron chi connectivity index (χ0n) is 16.0. The molecule has 9 heteroatoms. The van der Waals surface area contributed by atoms with Gasteiger partial charge in [0, 0.05) is 29.4 Å². The van der Waals surface area contributed by atoms with Crippen LogP contribution in [0.1, 0.15) is 16.8 Å². The van der Waals surface area contributed by atoms with Crippen molar-refractivity contribution in [3.05, 3.63) is 71.5 Å². The molecular formula is C21H20ClN7O. The van der Waals surface area contributed by atoms with Crippen LogP contribution in [0.5, 0.6) is 0 Å². The van der Waals surface area contributed by atoms with E-state index in [1.54, 1.807) is 12.1 Å². The van der Waals surface area contributed by atoms with Crippen molar-refractivity contribution in [1.29, 1.82) is 0 Å².